The van der Waals surface area contributed by atoms with Gasteiger partial charge < -0.3 is 19.2 Å². The highest BCUT2D eigenvalue weighted by Gasteiger charge is 2.69. The van der Waals surface area contributed by atoms with Crippen molar-refractivity contribution in [3.05, 3.63) is 47.9 Å². The SMILES string of the molecule is COc1cc(CN2C(=O)N[C@](NC(=O)c3ccco3)(C(F)(F)F)C2=O)cc(OC)c1. The van der Waals surface area contributed by atoms with Crippen LogP contribution in [0.5, 0.6) is 11.5 Å². The van der Waals surface area contributed by atoms with E-state index in [9.17, 15) is 27.6 Å². The number of nitrogens with zero attached hydrogens (tertiary/aromatic N) is 1. The molecule has 2 aromatic rings. The lowest BCUT2D eigenvalue weighted by molar-refractivity contribution is -0.200. The molecule has 2 heterocycles. The summed E-state index contributed by atoms with van der Waals surface area (Å²) in [6.07, 6.45) is -4.25. The van der Waals surface area contributed by atoms with Crippen LogP contribution in [0.15, 0.2) is 41.0 Å². The van der Waals surface area contributed by atoms with Crippen LogP contribution in [-0.4, -0.2) is 48.8 Å². The number of hydrogen-bond donors (Lipinski definition) is 2. The van der Waals surface area contributed by atoms with E-state index in [1.807, 2.05) is 0 Å². The summed E-state index contributed by atoms with van der Waals surface area (Å²) in [5.74, 6) is -2.86. The predicted molar refractivity (Wildman–Crippen MR) is 93.6 cm³/mol. The van der Waals surface area contributed by atoms with Gasteiger partial charge in [0.2, 0.25) is 0 Å². The Kier molecular flexibility index (Phi) is 5.33. The van der Waals surface area contributed by atoms with Gasteiger partial charge in [-0.25, -0.2) is 4.79 Å². The Morgan fingerprint density at radius 3 is 2.33 bits per heavy atom. The number of nitrogens with one attached hydrogen (secondary N) is 2. The van der Waals surface area contributed by atoms with Crippen LogP contribution in [0.2, 0.25) is 0 Å². The minimum Gasteiger partial charge on any atom is -0.497 e. The zero-order valence-corrected chi connectivity index (χ0v) is 15.7. The molecule has 0 radical (unpaired) electrons. The molecular weight excluding hydrogens is 411 g/mol. The minimum absolute atomic E-state index is 0.269. The highest BCUT2D eigenvalue weighted by atomic mass is 19.4. The number of halogens is 3. The number of amides is 4. The van der Waals surface area contributed by atoms with Crippen LogP contribution < -0.4 is 20.1 Å². The number of rotatable bonds is 6. The standard InChI is InChI=1S/C18H16F3N3O6/c1-28-11-6-10(7-12(8-11)29-2)9-24-15(26)17(18(19,20)21,23-16(24)27)22-14(25)13-4-3-5-30-13/h3-8H,9H2,1-2H3,(H,22,25)(H,23,27)/t17-/m0/s1. The molecule has 3 rings (SSSR count). The number of alkyl halides is 3. The molecule has 1 aliphatic heterocycles. The number of furan rings is 1. The second-order valence-corrected chi connectivity index (χ2v) is 6.22. The molecule has 1 fully saturated rings. The third-order valence-corrected chi connectivity index (χ3v) is 4.33. The molecule has 0 bridgehead atoms. The van der Waals surface area contributed by atoms with Crippen molar-refractivity contribution in [3.63, 3.8) is 0 Å². The topological polar surface area (TPSA) is 110 Å². The van der Waals surface area contributed by atoms with Gasteiger partial charge >= 0.3 is 12.2 Å². The quantitative estimate of drug-likeness (QED) is 0.683. The van der Waals surface area contributed by atoms with E-state index in [1.54, 1.807) is 10.6 Å². The van der Waals surface area contributed by atoms with Crippen molar-refractivity contribution in [2.75, 3.05) is 14.2 Å². The maximum Gasteiger partial charge on any atom is 0.440 e. The van der Waals surface area contributed by atoms with E-state index in [-0.39, 0.29) is 5.56 Å². The van der Waals surface area contributed by atoms with Crippen molar-refractivity contribution in [1.29, 1.82) is 0 Å². The summed E-state index contributed by atoms with van der Waals surface area (Å²) in [6, 6.07) is 5.43. The summed E-state index contributed by atoms with van der Waals surface area (Å²) < 4.78 is 56.4. The average Bonchev–Trinajstić information content (AvgIpc) is 3.31. The van der Waals surface area contributed by atoms with Gasteiger partial charge in [0, 0.05) is 6.07 Å². The molecule has 2 N–H and O–H groups in total. The maximum absolute atomic E-state index is 13.8. The van der Waals surface area contributed by atoms with Crippen LogP contribution in [0, 0.1) is 0 Å². The smallest absolute Gasteiger partial charge is 0.440 e. The van der Waals surface area contributed by atoms with E-state index in [1.165, 1.54) is 38.5 Å². The van der Waals surface area contributed by atoms with E-state index >= 15 is 0 Å². The predicted octanol–water partition coefficient (Wildman–Crippen LogP) is 2.04. The fraction of sp³-hybridized carbons (Fsp3) is 0.278. The van der Waals surface area contributed by atoms with E-state index < -0.39 is 42.0 Å². The molecule has 160 valence electrons. The van der Waals surface area contributed by atoms with Crippen molar-refractivity contribution < 1.29 is 41.4 Å². The van der Waals surface area contributed by atoms with Crippen LogP contribution in [-0.2, 0) is 11.3 Å². The summed E-state index contributed by atoms with van der Waals surface area (Å²) in [6.45, 7) is -0.521. The van der Waals surface area contributed by atoms with Gasteiger partial charge in [0.15, 0.2) is 5.76 Å². The monoisotopic (exact) mass is 427 g/mol. The van der Waals surface area contributed by atoms with Gasteiger partial charge in [-0.15, -0.1) is 0 Å². The van der Waals surface area contributed by atoms with Crippen LogP contribution in [0.1, 0.15) is 16.1 Å². The number of ether oxygens (including phenoxy) is 2. The van der Waals surface area contributed by atoms with Crippen molar-refractivity contribution >= 4 is 17.8 Å². The Balaban J connectivity index is 1.93. The average molecular weight is 427 g/mol. The van der Waals surface area contributed by atoms with Crippen LogP contribution in [0.3, 0.4) is 0 Å². The third kappa shape index (κ3) is 3.63. The molecule has 0 unspecified atom stereocenters. The number of urea groups is 1. The lowest BCUT2D eigenvalue weighted by Crippen LogP contribution is -2.69. The van der Waals surface area contributed by atoms with E-state index in [4.69, 9.17) is 13.9 Å². The molecule has 1 aliphatic rings. The fourth-order valence-electron chi connectivity index (χ4n) is 2.85. The van der Waals surface area contributed by atoms with Crippen LogP contribution >= 0.6 is 0 Å². The second kappa shape index (κ2) is 7.61. The minimum atomic E-state index is -5.33. The first-order valence-corrected chi connectivity index (χ1v) is 8.40. The first kappa shape index (κ1) is 21.0. The molecule has 1 atom stereocenters. The van der Waals surface area contributed by atoms with Gasteiger partial charge in [-0.1, -0.05) is 0 Å². The molecule has 1 aromatic heterocycles. The summed E-state index contributed by atoms with van der Waals surface area (Å²) in [4.78, 5) is 37.5. The lowest BCUT2D eigenvalue weighted by atomic mass is 10.1. The summed E-state index contributed by atoms with van der Waals surface area (Å²) in [7, 11) is 2.73. The number of carbonyl (C=O) groups is 3. The molecule has 1 aromatic carbocycles. The fourth-order valence-corrected chi connectivity index (χ4v) is 2.85. The number of imide groups is 1. The number of methoxy groups -OCH3 is 2. The van der Waals surface area contributed by atoms with Gasteiger partial charge in [-0.2, -0.15) is 13.2 Å². The Morgan fingerprint density at radius 2 is 1.83 bits per heavy atom. The normalized spacial score (nSPS) is 18.9. The Labute approximate surface area is 167 Å². The van der Waals surface area contributed by atoms with Crippen LogP contribution in [0.4, 0.5) is 18.0 Å². The molecule has 1 saturated heterocycles. The first-order valence-electron chi connectivity index (χ1n) is 8.40. The Hall–Kier alpha value is -3.70. The van der Waals surface area contributed by atoms with Crippen molar-refractivity contribution in [1.82, 2.24) is 15.5 Å². The van der Waals surface area contributed by atoms with Gasteiger partial charge in [-0.3, -0.25) is 19.8 Å². The molecule has 0 saturated carbocycles. The largest absolute Gasteiger partial charge is 0.497 e. The Bertz CT molecular complexity index is 954. The van der Waals surface area contributed by atoms with Crippen molar-refractivity contribution in [3.8, 4) is 11.5 Å². The molecule has 4 amide bonds. The van der Waals surface area contributed by atoms with Gasteiger partial charge in [0.1, 0.15) is 11.5 Å². The summed E-state index contributed by atoms with van der Waals surface area (Å²) >= 11 is 0. The summed E-state index contributed by atoms with van der Waals surface area (Å²) in [5, 5.41) is 3.10. The molecule has 12 heteroatoms. The van der Waals surface area contributed by atoms with Crippen molar-refractivity contribution in [2.24, 2.45) is 0 Å². The van der Waals surface area contributed by atoms with E-state index in [0.29, 0.717) is 16.4 Å². The molecular formula is C18H16F3N3O6. The van der Waals surface area contributed by atoms with Gasteiger partial charge in [-0.05, 0) is 29.8 Å². The van der Waals surface area contributed by atoms with Crippen LogP contribution in [0.25, 0.3) is 0 Å². The summed E-state index contributed by atoms with van der Waals surface area (Å²) in [5.41, 5.74) is -3.37. The second-order valence-electron chi connectivity index (χ2n) is 6.22. The Morgan fingerprint density at radius 1 is 1.20 bits per heavy atom. The van der Waals surface area contributed by atoms with Gasteiger partial charge in [0.05, 0.1) is 27.0 Å². The molecule has 30 heavy (non-hydrogen) atoms. The highest BCUT2D eigenvalue weighted by molar-refractivity contribution is 6.09. The number of hydrogen-bond acceptors (Lipinski definition) is 6. The first-order chi connectivity index (χ1) is 14.1. The molecule has 9 nitrogen and oxygen atoms in total. The number of carbonyl (C=O) groups excluding carboxylic acids is 3. The maximum atomic E-state index is 13.8. The lowest BCUT2D eigenvalue weighted by Gasteiger charge is -2.29. The zero-order valence-electron chi connectivity index (χ0n) is 15.7. The molecule has 0 spiro atoms. The van der Waals surface area contributed by atoms with Gasteiger partial charge in [0.25, 0.3) is 17.5 Å². The van der Waals surface area contributed by atoms with E-state index in [2.05, 4.69) is 0 Å². The molecule has 0 aliphatic carbocycles. The highest BCUT2D eigenvalue weighted by Crippen LogP contribution is 2.35. The van der Waals surface area contributed by atoms with Crippen molar-refractivity contribution in [2.45, 2.75) is 18.4 Å². The third-order valence-electron chi connectivity index (χ3n) is 4.33. The van der Waals surface area contributed by atoms with E-state index in [0.717, 1.165) is 12.3 Å². The zero-order chi connectivity index (χ0) is 22.1. The number of benzene rings is 1.